The van der Waals surface area contributed by atoms with Crippen molar-refractivity contribution in [3.8, 4) is 5.75 Å². The summed E-state index contributed by atoms with van der Waals surface area (Å²) < 4.78 is 30.6. The number of aryl methyl sites for hydroxylation is 1. The van der Waals surface area contributed by atoms with Crippen LogP contribution < -0.4 is 20.3 Å². The van der Waals surface area contributed by atoms with Gasteiger partial charge in [-0.3, -0.25) is 0 Å². The van der Waals surface area contributed by atoms with Crippen LogP contribution in [0.3, 0.4) is 0 Å². The third-order valence-electron chi connectivity index (χ3n) is 6.46. The second-order valence-electron chi connectivity index (χ2n) is 9.56. The number of aromatic nitrogens is 4. The number of methoxy groups -OCH3 is 1. The summed E-state index contributed by atoms with van der Waals surface area (Å²) in [5.74, 6) is 2.68. The smallest absolute Gasteiger partial charge is 0.229 e. The molecule has 0 amide bonds. The van der Waals surface area contributed by atoms with E-state index >= 15 is 0 Å². The lowest BCUT2D eigenvalue weighted by Crippen LogP contribution is -2.12. The van der Waals surface area contributed by atoms with Crippen LogP contribution in [0.15, 0.2) is 79.0 Å². The first kappa shape index (κ1) is 29.6. The van der Waals surface area contributed by atoms with Crippen LogP contribution in [0, 0.1) is 0 Å². The molecule has 10 nitrogen and oxygen atoms in total. The minimum absolute atomic E-state index is 0. The zero-order valence-corrected chi connectivity index (χ0v) is 24.8. The number of hydrogen-bond donors (Lipinski definition) is 2. The van der Waals surface area contributed by atoms with Gasteiger partial charge in [-0.15, -0.1) is 12.4 Å². The van der Waals surface area contributed by atoms with Crippen molar-refractivity contribution in [2.45, 2.75) is 12.3 Å². The zero-order valence-electron chi connectivity index (χ0n) is 23.2. The third-order valence-corrected chi connectivity index (χ3v) is 7.32. The highest BCUT2D eigenvalue weighted by atomic mass is 35.5. The van der Waals surface area contributed by atoms with E-state index in [9.17, 15) is 8.42 Å². The summed E-state index contributed by atoms with van der Waals surface area (Å²) in [7, 11) is 2.45. The Morgan fingerprint density at radius 1 is 0.976 bits per heavy atom. The van der Waals surface area contributed by atoms with E-state index < -0.39 is 9.84 Å². The minimum atomic E-state index is -3.13. The first-order valence-electron chi connectivity index (χ1n) is 12.6. The first-order valence-corrected chi connectivity index (χ1v) is 14.7. The highest BCUT2D eigenvalue weighted by molar-refractivity contribution is 7.89. The first-order chi connectivity index (χ1) is 19.2. The molecule has 0 saturated heterocycles. The number of benzene rings is 3. The van der Waals surface area contributed by atoms with E-state index in [2.05, 4.69) is 20.6 Å². The Kier molecular flexibility index (Phi) is 8.99. The molecule has 2 heterocycles. The Labute approximate surface area is 245 Å². The van der Waals surface area contributed by atoms with Gasteiger partial charge in [-0.05, 0) is 59.7 Å². The Hall–Kier alpha value is -4.35. The zero-order chi connectivity index (χ0) is 28.3. The van der Waals surface area contributed by atoms with Crippen LogP contribution in [0.4, 0.5) is 29.1 Å². The van der Waals surface area contributed by atoms with Crippen LogP contribution in [0.25, 0.3) is 11.0 Å². The molecule has 0 radical (unpaired) electrons. The van der Waals surface area contributed by atoms with Crippen molar-refractivity contribution in [1.82, 2.24) is 19.5 Å². The molecule has 5 rings (SSSR count). The monoisotopic (exact) mass is 593 g/mol. The molecule has 0 spiro atoms. The molecular weight excluding hydrogens is 562 g/mol. The average molecular weight is 594 g/mol. The Morgan fingerprint density at radius 2 is 1.76 bits per heavy atom. The number of nitrogens with zero attached hydrogens (tertiary/aromatic N) is 5. The largest absolute Gasteiger partial charge is 0.497 e. The van der Waals surface area contributed by atoms with Crippen molar-refractivity contribution in [3.63, 3.8) is 0 Å². The molecule has 2 N–H and O–H groups in total. The summed E-state index contributed by atoms with van der Waals surface area (Å²) in [4.78, 5) is 15.8. The van der Waals surface area contributed by atoms with Gasteiger partial charge in [0.2, 0.25) is 11.9 Å². The summed E-state index contributed by atoms with van der Waals surface area (Å²) in [6, 6.07) is 23.1. The van der Waals surface area contributed by atoms with Gasteiger partial charge in [0.1, 0.15) is 11.6 Å². The van der Waals surface area contributed by atoms with Crippen molar-refractivity contribution in [2.75, 3.05) is 35.9 Å². The SMILES string of the molecule is COc1ccc(CNc2nc3cc(N(C)c4ccnc(Nc5cccc(CS(C)(=O)=O)c5)n4)ccc3n2C)cc1.Cl. The molecule has 2 aromatic heterocycles. The molecule has 41 heavy (non-hydrogen) atoms. The van der Waals surface area contributed by atoms with Gasteiger partial charge in [0, 0.05) is 44.5 Å². The number of imidazole rings is 1. The molecule has 0 unspecified atom stereocenters. The maximum atomic E-state index is 11.7. The molecule has 12 heteroatoms. The summed E-state index contributed by atoms with van der Waals surface area (Å²) in [6.07, 6.45) is 2.90. The second-order valence-corrected chi connectivity index (χ2v) is 11.7. The number of rotatable bonds is 10. The lowest BCUT2D eigenvalue weighted by molar-refractivity contribution is 0.414. The van der Waals surface area contributed by atoms with Gasteiger partial charge in [0.15, 0.2) is 9.84 Å². The number of halogens is 1. The van der Waals surface area contributed by atoms with E-state index in [1.807, 2.05) is 78.2 Å². The van der Waals surface area contributed by atoms with E-state index in [4.69, 9.17) is 9.72 Å². The number of anilines is 5. The van der Waals surface area contributed by atoms with E-state index in [1.54, 1.807) is 31.5 Å². The molecule has 0 atom stereocenters. The van der Waals surface area contributed by atoms with Crippen LogP contribution in [0.2, 0.25) is 0 Å². The molecule has 0 aliphatic heterocycles. The fraction of sp³-hybridized carbons (Fsp3) is 0.207. The minimum Gasteiger partial charge on any atom is -0.497 e. The molecular formula is C29H32ClN7O3S. The van der Waals surface area contributed by atoms with Gasteiger partial charge in [-0.1, -0.05) is 24.3 Å². The average Bonchev–Trinajstić information content (AvgIpc) is 3.25. The van der Waals surface area contributed by atoms with E-state index in [0.717, 1.165) is 34.0 Å². The number of ether oxygens (including phenoxy) is 1. The fourth-order valence-corrected chi connectivity index (χ4v) is 5.16. The van der Waals surface area contributed by atoms with Gasteiger partial charge < -0.3 is 24.8 Å². The molecule has 214 valence electrons. The molecule has 5 aromatic rings. The van der Waals surface area contributed by atoms with E-state index in [0.29, 0.717) is 29.6 Å². The molecule has 0 fully saturated rings. The topological polar surface area (TPSA) is 114 Å². The standard InChI is InChI=1S/C29H31N7O3S.ClH/c1-35(27-14-15-30-28(34-27)32-22-7-5-6-21(16-22)19-40(4,37)38)23-10-13-26-25(17-23)33-29(36(26)2)31-18-20-8-11-24(39-3)12-9-20;/h5-17H,18-19H2,1-4H3,(H,31,33)(H,30,32,34);1H. The highest BCUT2D eigenvalue weighted by Gasteiger charge is 2.13. The third kappa shape index (κ3) is 7.24. The second kappa shape index (κ2) is 12.4. The van der Waals surface area contributed by atoms with Crippen LogP contribution in [0.1, 0.15) is 11.1 Å². The van der Waals surface area contributed by atoms with E-state index in [-0.39, 0.29) is 18.2 Å². The summed E-state index contributed by atoms with van der Waals surface area (Å²) in [5, 5.41) is 6.60. The van der Waals surface area contributed by atoms with Crippen molar-refractivity contribution < 1.29 is 13.2 Å². The Morgan fingerprint density at radius 3 is 2.49 bits per heavy atom. The summed E-state index contributed by atoms with van der Waals surface area (Å²) in [6.45, 7) is 0.641. The van der Waals surface area contributed by atoms with Crippen molar-refractivity contribution in [2.24, 2.45) is 7.05 Å². The van der Waals surface area contributed by atoms with Crippen LogP contribution in [-0.4, -0.2) is 48.4 Å². The van der Waals surface area contributed by atoms with Crippen LogP contribution >= 0.6 is 12.4 Å². The van der Waals surface area contributed by atoms with Crippen LogP contribution in [-0.2, 0) is 29.2 Å². The predicted octanol–water partition coefficient (Wildman–Crippen LogP) is 5.46. The lowest BCUT2D eigenvalue weighted by Gasteiger charge is -2.19. The Bertz CT molecular complexity index is 1760. The summed E-state index contributed by atoms with van der Waals surface area (Å²) >= 11 is 0. The molecule has 0 aliphatic rings. The highest BCUT2D eigenvalue weighted by Crippen LogP contribution is 2.28. The molecule has 3 aromatic carbocycles. The maximum absolute atomic E-state index is 11.7. The maximum Gasteiger partial charge on any atom is 0.229 e. The van der Waals surface area contributed by atoms with Crippen molar-refractivity contribution >= 4 is 62.4 Å². The number of fused-ring (bicyclic) bond motifs is 1. The van der Waals surface area contributed by atoms with Crippen LogP contribution in [0.5, 0.6) is 5.75 Å². The Balaban J connectivity index is 0.00000387. The molecule has 0 saturated carbocycles. The number of hydrogen-bond acceptors (Lipinski definition) is 9. The summed E-state index contributed by atoms with van der Waals surface area (Å²) in [5.41, 5.74) is 5.33. The van der Waals surface area contributed by atoms with E-state index in [1.165, 1.54) is 6.26 Å². The predicted molar refractivity (Wildman–Crippen MR) is 167 cm³/mol. The van der Waals surface area contributed by atoms with Crippen molar-refractivity contribution in [3.05, 3.63) is 90.1 Å². The van der Waals surface area contributed by atoms with Gasteiger partial charge in [-0.25, -0.2) is 18.4 Å². The fourth-order valence-electron chi connectivity index (χ4n) is 4.38. The lowest BCUT2D eigenvalue weighted by atomic mass is 10.2. The van der Waals surface area contributed by atoms with Gasteiger partial charge in [0.05, 0.1) is 23.9 Å². The molecule has 0 aliphatic carbocycles. The normalized spacial score (nSPS) is 11.1. The van der Waals surface area contributed by atoms with Gasteiger partial charge >= 0.3 is 0 Å². The van der Waals surface area contributed by atoms with Gasteiger partial charge in [0.25, 0.3) is 0 Å². The quantitative estimate of drug-likeness (QED) is 0.218. The number of sulfone groups is 1. The van der Waals surface area contributed by atoms with Crippen molar-refractivity contribution in [1.29, 1.82) is 0 Å². The number of nitrogens with one attached hydrogen (secondary N) is 2. The van der Waals surface area contributed by atoms with Gasteiger partial charge in [-0.2, -0.15) is 4.98 Å². The molecule has 0 bridgehead atoms.